The van der Waals surface area contributed by atoms with Crippen molar-refractivity contribution in [3.63, 3.8) is 0 Å². The monoisotopic (exact) mass is 353 g/mol. The first kappa shape index (κ1) is 16.6. The van der Waals surface area contributed by atoms with Crippen molar-refractivity contribution in [3.8, 4) is 0 Å². The highest BCUT2D eigenvalue weighted by atomic mass is 19.1. The second-order valence-electron chi connectivity index (χ2n) is 6.70. The molecule has 0 bridgehead atoms. The second-order valence-corrected chi connectivity index (χ2v) is 6.70. The third-order valence-electron chi connectivity index (χ3n) is 5.18. The van der Waals surface area contributed by atoms with Crippen LogP contribution in [0.3, 0.4) is 0 Å². The van der Waals surface area contributed by atoms with E-state index in [1.807, 2.05) is 12.1 Å². The number of nitrogens with zero attached hydrogens (tertiary/aromatic N) is 3. The zero-order chi connectivity index (χ0) is 18.3. The summed E-state index contributed by atoms with van der Waals surface area (Å²) in [7, 11) is 1.79. The van der Waals surface area contributed by atoms with Crippen LogP contribution in [0.5, 0.6) is 0 Å². The van der Waals surface area contributed by atoms with Crippen molar-refractivity contribution in [1.82, 2.24) is 4.90 Å². The molecule has 0 radical (unpaired) electrons. The van der Waals surface area contributed by atoms with Gasteiger partial charge in [-0.15, -0.1) is 0 Å². The largest absolute Gasteiger partial charge is 0.368 e. The molecule has 6 heteroatoms. The van der Waals surface area contributed by atoms with E-state index in [1.165, 1.54) is 12.1 Å². The smallest absolute Gasteiger partial charge is 0.256 e. The Labute approximate surface area is 151 Å². The number of hydrogen-bond donors (Lipinski definition) is 0. The molecule has 2 aromatic carbocycles. The molecular weight excluding hydrogens is 333 g/mol. The summed E-state index contributed by atoms with van der Waals surface area (Å²) in [5.41, 5.74) is 3.19. The Balaban J connectivity index is 1.45. The first-order valence-corrected chi connectivity index (χ1v) is 8.73. The van der Waals surface area contributed by atoms with Crippen LogP contribution in [0.4, 0.5) is 15.8 Å². The molecule has 2 heterocycles. The Hall–Kier alpha value is -2.89. The number of benzene rings is 2. The average Bonchev–Trinajstić information content (AvgIpc) is 2.95. The molecule has 0 spiro atoms. The number of hydrogen-bond acceptors (Lipinski definition) is 3. The minimum Gasteiger partial charge on any atom is -0.368 e. The first-order valence-electron chi connectivity index (χ1n) is 8.73. The first-order chi connectivity index (χ1) is 12.5. The van der Waals surface area contributed by atoms with Gasteiger partial charge in [0, 0.05) is 44.6 Å². The fourth-order valence-corrected chi connectivity index (χ4v) is 3.63. The van der Waals surface area contributed by atoms with Crippen molar-refractivity contribution in [1.29, 1.82) is 0 Å². The number of carbonyl (C=O) groups is 2. The molecule has 0 aliphatic carbocycles. The van der Waals surface area contributed by atoms with Gasteiger partial charge in [0.2, 0.25) is 5.91 Å². The third kappa shape index (κ3) is 2.81. The van der Waals surface area contributed by atoms with Crippen molar-refractivity contribution in [2.45, 2.75) is 6.42 Å². The minimum atomic E-state index is -0.479. The lowest BCUT2D eigenvalue weighted by atomic mass is 10.1. The molecule has 1 saturated heterocycles. The molecule has 5 nitrogen and oxygen atoms in total. The van der Waals surface area contributed by atoms with Crippen LogP contribution in [-0.4, -0.2) is 49.9 Å². The summed E-state index contributed by atoms with van der Waals surface area (Å²) in [5, 5.41) is 0. The highest BCUT2D eigenvalue weighted by molar-refractivity contribution is 6.01. The van der Waals surface area contributed by atoms with Crippen molar-refractivity contribution >= 4 is 23.2 Å². The Morgan fingerprint density at radius 2 is 1.77 bits per heavy atom. The summed E-state index contributed by atoms with van der Waals surface area (Å²) in [6, 6.07) is 12.2. The second kappa shape index (κ2) is 6.44. The van der Waals surface area contributed by atoms with E-state index in [0.717, 1.165) is 16.9 Å². The van der Waals surface area contributed by atoms with Crippen LogP contribution in [0.1, 0.15) is 15.9 Å². The van der Waals surface area contributed by atoms with E-state index in [1.54, 1.807) is 29.0 Å². The van der Waals surface area contributed by atoms with E-state index in [4.69, 9.17) is 0 Å². The zero-order valence-corrected chi connectivity index (χ0v) is 14.6. The average molecular weight is 353 g/mol. The molecule has 0 N–H and O–H groups in total. The van der Waals surface area contributed by atoms with Crippen LogP contribution in [0.15, 0.2) is 42.5 Å². The number of amides is 2. The fraction of sp³-hybridized carbons (Fsp3) is 0.300. The summed E-state index contributed by atoms with van der Waals surface area (Å²) >= 11 is 0. The van der Waals surface area contributed by atoms with Crippen LogP contribution in [0.25, 0.3) is 0 Å². The molecular formula is C20H20FN3O2. The van der Waals surface area contributed by atoms with Crippen LogP contribution in [0.2, 0.25) is 0 Å². The Morgan fingerprint density at radius 3 is 2.50 bits per heavy atom. The molecule has 134 valence electrons. The lowest BCUT2D eigenvalue weighted by Gasteiger charge is -2.36. The maximum absolute atomic E-state index is 13.8. The predicted molar refractivity (Wildman–Crippen MR) is 98.1 cm³/mol. The van der Waals surface area contributed by atoms with Gasteiger partial charge < -0.3 is 14.7 Å². The third-order valence-corrected chi connectivity index (χ3v) is 5.18. The topological polar surface area (TPSA) is 43.9 Å². The highest BCUT2D eigenvalue weighted by Crippen LogP contribution is 2.31. The lowest BCUT2D eigenvalue weighted by Crippen LogP contribution is -2.49. The predicted octanol–water partition coefficient (Wildman–Crippen LogP) is 2.31. The number of piperazine rings is 1. The van der Waals surface area contributed by atoms with Crippen LogP contribution in [0, 0.1) is 5.82 Å². The van der Waals surface area contributed by atoms with Crippen molar-refractivity contribution < 1.29 is 14.0 Å². The van der Waals surface area contributed by atoms with E-state index in [2.05, 4.69) is 11.0 Å². The quantitative estimate of drug-likeness (QED) is 0.832. The van der Waals surface area contributed by atoms with Gasteiger partial charge in [-0.25, -0.2) is 4.39 Å². The molecule has 0 unspecified atom stereocenters. The van der Waals surface area contributed by atoms with E-state index >= 15 is 0 Å². The van der Waals surface area contributed by atoms with Gasteiger partial charge in [0.25, 0.3) is 5.91 Å². The normalized spacial score (nSPS) is 16.8. The summed E-state index contributed by atoms with van der Waals surface area (Å²) in [5.74, 6) is -0.631. The van der Waals surface area contributed by atoms with Gasteiger partial charge in [0.05, 0.1) is 12.0 Å². The number of rotatable bonds is 2. The summed E-state index contributed by atoms with van der Waals surface area (Å²) < 4.78 is 13.8. The molecule has 2 aliphatic rings. The number of anilines is 2. The number of halogens is 1. The van der Waals surface area contributed by atoms with Crippen LogP contribution < -0.4 is 9.80 Å². The molecule has 0 atom stereocenters. The van der Waals surface area contributed by atoms with Gasteiger partial charge >= 0.3 is 0 Å². The molecule has 2 aliphatic heterocycles. The summed E-state index contributed by atoms with van der Waals surface area (Å²) in [6.07, 6.45) is 0.436. The van der Waals surface area contributed by atoms with Gasteiger partial charge in [-0.3, -0.25) is 9.59 Å². The Morgan fingerprint density at radius 1 is 1.04 bits per heavy atom. The Bertz CT molecular complexity index is 875. The number of carbonyl (C=O) groups excluding carboxylic acids is 2. The zero-order valence-electron chi connectivity index (χ0n) is 14.6. The van der Waals surface area contributed by atoms with E-state index in [0.29, 0.717) is 32.6 Å². The van der Waals surface area contributed by atoms with E-state index in [-0.39, 0.29) is 17.4 Å². The molecule has 0 aromatic heterocycles. The van der Waals surface area contributed by atoms with Crippen molar-refractivity contribution in [2.24, 2.45) is 0 Å². The van der Waals surface area contributed by atoms with E-state index < -0.39 is 5.82 Å². The summed E-state index contributed by atoms with van der Waals surface area (Å²) in [4.78, 5) is 29.9. The molecule has 26 heavy (non-hydrogen) atoms. The molecule has 4 rings (SSSR count). The fourth-order valence-electron chi connectivity index (χ4n) is 3.63. The van der Waals surface area contributed by atoms with Crippen LogP contribution in [-0.2, 0) is 11.2 Å². The van der Waals surface area contributed by atoms with Gasteiger partial charge in [0.1, 0.15) is 5.82 Å². The van der Waals surface area contributed by atoms with Crippen molar-refractivity contribution in [2.75, 3.05) is 43.0 Å². The van der Waals surface area contributed by atoms with Crippen molar-refractivity contribution in [3.05, 3.63) is 59.4 Å². The number of fused-ring (bicyclic) bond motifs is 1. The summed E-state index contributed by atoms with van der Waals surface area (Å²) in [6.45, 7) is 2.46. The van der Waals surface area contributed by atoms with Gasteiger partial charge in [-0.2, -0.15) is 0 Å². The van der Waals surface area contributed by atoms with Gasteiger partial charge in [-0.05, 0) is 35.9 Å². The van der Waals surface area contributed by atoms with Gasteiger partial charge in [0.15, 0.2) is 0 Å². The maximum atomic E-state index is 13.8. The highest BCUT2D eigenvalue weighted by Gasteiger charge is 2.27. The molecule has 2 amide bonds. The van der Waals surface area contributed by atoms with Gasteiger partial charge in [-0.1, -0.05) is 12.1 Å². The lowest BCUT2D eigenvalue weighted by molar-refractivity contribution is -0.117. The SMILES string of the molecule is CN1C(=O)Cc2cc(N3CCN(C(=O)c4ccccc4F)CC3)ccc21. The molecule has 2 aromatic rings. The van der Waals surface area contributed by atoms with Crippen LogP contribution >= 0.6 is 0 Å². The number of likely N-dealkylation sites (N-methyl/N-ethyl adjacent to an activating group) is 1. The standard InChI is InChI=1S/C20H20FN3O2/c1-22-18-7-6-15(12-14(18)13-19(22)25)23-8-10-24(11-9-23)20(26)16-4-2-3-5-17(16)21/h2-7,12H,8-11,13H2,1H3. The maximum Gasteiger partial charge on any atom is 0.256 e. The minimum absolute atomic E-state index is 0.109. The van der Waals surface area contributed by atoms with E-state index in [9.17, 15) is 14.0 Å². The Kier molecular flexibility index (Phi) is 4.11. The molecule has 0 saturated carbocycles. The molecule has 1 fully saturated rings.